The van der Waals surface area contributed by atoms with E-state index in [0.29, 0.717) is 18.4 Å². The van der Waals surface area contributed by atoms with Crippen molar-refractivity contribution >= 4 is 11.8 Å². The van der Waals surface area contributed by atoms with E-state index in [1.165, 1.54) is 45.1 Å². The number of hydrogen-bond donors (Lipinski definition) is 1. The first-order valence-corrected chi connectivity index (χ1v) is 8.76. The zero-order valence-corrected chi connectivity index (χ0v) is 12.8. The Kier molecular flexibility index (Phi) is 3.32. The summed E-state index contributed by atoms with van der Waals surface area (Å²) >= 11 is 0. The maximum Gasteiger partial charge on any atom is 0.230 e. The zero-order valence-electron chi connectivity index (χ0n) is 12.8. The molecule has 0 aromatic carbocycles. The van der Waals surface area contributed by atoms with Crippen LogP contribution in [0.2, 0.25) is 0 Å². The smallest absolute Gasteiger partial charge is 0.230 e. The minimum absolute atomic E-state index is 0.0271. The van der Waals surface area contributed by atoms with Crippen LogP contribution in [0.15, 0.2) is 0 Å². The molecule has 3 unspecified atom stereocenters. The number of amides is 2. The van der Waals surface area contributed by atoms with E-state index in [1.807, 2.05) is 0 Å². The second-order valence-electron chi connectivity index (χ2n) is 7.76. The molecule has 3 aliphatic heterocycles. The number of nitrogens with zero attached hydrogens (tertiary/aromatic N) is 1. The van der Waals surface area contributed by atoms with E-state index in [9.17, 15) is 9.59 Å². The molecule has 3 atom stereocenters. The number of rotatable bonds is 1. The molecule has 116 valence electrons. The SMILES string of the molecule is O=C1CC2(CCN3CCCC3C2)C(C2CCCC2)C(=O)N1. The molecule has 1 aliphatic carbocycles. The molecular weight excluding hydrogens is 264 g/mol. The van der Waals surface area contributed by atoms with Gasteiger partial charge in [-0.2, -0.15) is 0 Å². The van der Waals surface area contributed by atoms with E-state index < -0.39 is 0 Å². The summed E-state index contributed by atoms with van der Waals surface area (Å²) in [6.45, 7) is 2.31. The molecule has 21 heavy (non-hydrogen) atoms. The van der Waals surface area contributed by atoms with Gasteiger partial charge in [0.2, 0.25) is 11.8 Å². The molecular formula is C17H26N2O2. The van der Waals surface area contributed by atoms with Crippen LogP contribution >= 0.6 is 0 Å². The van der Waals surface area contributed by atoms with Crippen LogP contribution in [-0.4, -0.2) is 35.8 Å². The van der Waals surface area contributed by atoms with E-state index in [-0.39, 0.29) is 23.1 Å². The molecule has 3 saturated heterocycles. The van der Waals surface area contributed by atoms with Gasteiger partial charge in [0, 0.05) is 18.4 Å². The molecule has 1 spiro atoms. The van der Waals surface area contributed by atoms with Crippen LogP contribution < -0.4 is 5.32 Å². The Morgan fingerprint density at radius 2 is 1.86 bits per heavy atom. The molecule has 2 amide bonds. The third-order valence-corrected chi connectivity index (χ3v) is 6.63. The summed E-state index contributed by atoms with van der Waals surface area (Å²) in [5.74, 6) is 0.636. The molecule has 0 radical (unpaired) electrons. The minimum Gasteiger partial charge on any atom is -0.300 e. The number of fused-ring (bicyclic) bond motifs is 1. The Morgan fingerprint density at radius 3 is 2.67 bits per heavy atom. The first-order valence-electron chi connectivity index (χ1n) is 8.76. The van der Waals surface area contributed by atoms with Gasteiger partial charge in [-0.1, -0.05) is 12.8 Å². The lowest BCUT2D eigenvalue weighted by Crippen LogP contribution is -2.58. The van der Waals surface area contributed by atoms with Gasteiger partial charge < -0.3 is 4.90 Å². The Bertz CT molecular complexity index is 458. The van der Waals surface area contributed by atoms with Crippen LogP contribution in [0, 0.1) is 17.3 Å². The molecule has 0 aromatic rings. The Morgan fingerprint density at radius 1 is 1.05 bits per heavy atom. The minimum atomic E-state index is -0.0278. The number of hydrogen-bond acceptors (Lipinski definition) is 3. The Balaban J connectivity index is 1.64. The lowest BCUT2D eigenvalue weighted by Gasteiger charge is -2.51. The number of nitrogens with one attached hydrogen (secondary N) is 1. The standard InChI is InChI=1S/C17H26N2O2/c20-14-11-17(7-9-19-8-3-6-13(19)10-17)15(16(21)18-14)12-4-1-2-5-12/h12-13,15H,1-11H2,(H,18,20,21). The van der Waals surface area contributed by atoms with Gasteiger partial charge in [-0.15, -0.1) is 0 Å². The second-order valence-corrected chi connectivity index (χ2v) is 7.76. The topological polar surface area (TPSA) is 49.4 Å². The normalized spacial score (nSPS) is 41.5. The van der Waals surface area contributed by atoms with Gasteiger partial charge in [-0.3, -0.25) is 14.9 Å². The summed E-state index contributed by atoms with van der Waals surface area (Å²) in [5.41, 5.74) is -0.0278. The average Bonchev–Trinajstić information content (AvgIpc) is 3.08. The zero-order chi connectivity index (χ0) is 14.4. The van der Waals surface area contributed by atoms with Crippen LogP contribution in [0.4, 0.5) is 0 Å². The van der Waals surface area contributed by atoms with Crippen LogP contribution in [0.3, 0.4) is 0 Å². The summed E-state index contributed by atoms with van der Waals surface area (Å²) < 4.78 is 0. The molecule has 4 rings (SSSR count). The quantitative estimate of drug-likeness (QED) is 0.752. The molecule has 1 N–H and O–H groups in total. The maximum atomic E-state index is 12.6. The third kappa shape index (κ3) is 2.23. The van der Waals surface area contributed by atoms with Crippen LogP contribution in [0.5, 0.6) is 0 Å². The summed E-state index contributed by atoms with van der Waals surface area (Å²) in [6, 6.07) is 0.626. The highest BCUT2D eigenvalue weighted by molar-refractivity contribution is 6.00. The molecule has 1 saturated carbocycles. The molecule has 4 fully saturated rings. The highest BCUT2D eigenvalue weighted by Gasteiger charge is 2.54. The maximum absolute atomic E-state index is 12.6. The molecule has 0 aromatic heterocycles. The number of carbonyl (C=O) groups is 2. The predicted molar refractivity (Wildman–Crippen MR) is 79.5 cm³/mol. The second kappa shape index (κ2) is 5.08. The first kappa shape index (κ1) is 13.7. The van der Waals surface area contributed by atoms with E-state index >= 15 is 0 Å². The fourth-order valence-electron chi connectivity index (χ4n) is 5.77. The molecule has 0 bridgehead atoms. The highest BCUT2D eigenvalue weighted by atomic mass is 16.2. The van der Waals surface area contributed by atoms with Gasteiger partial charge in [0.25, 0.3) is 0 Å². The van der Waals surface area contributed by atoms with Crippen molar-refractivity contribution in [1.29, 1.82) is 0 Å². The van der Waals surface area contributed by atoms with Crippen molar-refractivity contribution in [2.45, 2.75) is 63.8 Å². The van der Waals surface area contributed by atoms with Crippen molar-refractivity contribution in [1.82, 2.24) is 10.2 Å². The van der Waals surface area contributed by atoms with Crippen molar-refractivity contribution in [3.05, 3.63) is 0 Å². The molecule has 4 heteroatoms. The largest absolute Gasteiger partial charge is 0.300 e. The van der Waals surface area contributed by atoms with Crippen molar-refractivity contribution in [3.63, 3.8) is 0 Å². The number of imide groups is 1. The summed E-state index contributed by atoms with van der Waals surface area (Å²) in [6.07, 6.45) is 10.1. The van der Waals surface area contributed by atoms with E-state index in [0.717, 1.165) is 19.4 Å². The number of carbonyl (C=O) groups excluding carboxylic acids is 2. The van der Waals surface area contributed by atoms with Crippen molar-refractivity contribution in [2.24, 2.45) is 17.3 Å². The van der Waals surface area contributed by atoms with E-state index in [2.05, 4.69) is 10.2 Å². The third-order valence-electron chi connectivity index (χ3n) is 6.63. The van der Waals surface area contributed by atoms with Gasteiger partial charge >= 0.3 is 0 Å². The van der Waals surface area contributed by atoms with Crippen LogP contribution in [-0.2, 0) is 9.59 Å². The Labute approximate surface area is 126 Å². The van der Waals surface area contributed by atoms with Gasteiger partial charge in [0.1, 0.15) is 0 Å². The van der Waals surface area contributed by atoms with Gasteiger partial charge in [0.05, 0.1) is 0 Å². The van der Waals surface area contributed by atoms with Crippen molar-refractivity contribution in [2.75, 3.05) is 13.1 Å². The lowest BCUT2D eigenvalue weighted by molar-refractivity contribution is -0.150. The lowest BCUT2D eigenvalue weighted by atomic mass is 9.59. The monoisotopic (exact) mass is 290 g/mol. The van der Waals surface area contributed by atoms with Crippen molar-refractivity contribution in [3.8, 4) is 0 Å². The fraction of sp³-hybridized carbons (Fsp3) is 0.882. The van der Waals surface area contributed by atoms with Gasteiger partial charge in [-0.05, 0) is 62.9 Å². The summed E-state index contributed by atoms with van der Waals surface area (Å²) in [5, 5.41) is 2.65. The predicted octanol–water partition coefficient (Wildman–Crippen LogP) is 2.08. The van der Waals surface area contributed by atoms with Gasteiger partial charge in [-0.25, -0.2) is 0 Å². The molecule has 4 nitrogen and oxygen atoms in total. The first-order chi connectivity index (χ1) is 10.2. The molecule has 3 heterocycles. The van der Waals surface area contributed by atoms with Crippen LogP contribution in [0.25, 0.3) is 0 Å². The average molecular weight is 290 g/mol. The van der Waals surface area contributed by atoms with Crippen LogP contribution in [0.1, 0.15) is 57.8 Å². The Hall–Kier alpha value is -0.900. The summed E-state index contributed by atoms with van der Waals surface area (Å²) in [7, 11) is 0. The highest BCUT2D eigenvalue weighted by Crippen LogP contribution is 2.53. The van der Waals surface area contributed by atoms with E-state index in [4.69, 9.17) is 0 Å². The number of piperidine rings is 2. The fourth-order valence-corrected chi connectivity index (χ4v) is 5.77. The van der Waals surface area contributed by atoms with Crippen molar-refractivity contribution < 1.29 is 9.59 Å². The molecule has 4 aliphatic rings. The summed E-state index contributed by atoms with van der Waals surface area (Å²) in [4.78, 5) is 27.3. The van der Waals surface area contributed by atoms with Gasteiger partial charge in [0.15, 0.2) is 0 Å². The van der Waals surface area contributed by atoms with E-state index in [1.54, 1.807) is 0 Å².